The molecule has 0 saturated carbocycles. The molecule has 0 radical (unpaired) electrons. The number of aliphatic hydroxyl groups is 1. The highest BCUT2D eigenvalue weighted by Crippen LogP contribution is 2.48. The molecule has 0 bridgehead atoms. The van der Waals surface area contributed by atoms with Crippen LogP contribution in [0.25, 0.3) is 0 Å². The lowest BCUT2D eigenvalue weighted by Crippen LogP contribution is -2.37. The van der Waals surface area contributed by atoms with Crippen LogP contribution in [0.2, 0.25) is 0 Å². The van der Waals surface area contributed by atoms with E-state index >= 15 is 0 Å². The number of hydrogen-bond donors (Lipinski definition) is 1. The molecule has 0 aromatic carbocycles. The van der Waals surface area contributed by atoms with Gasteiger partial charge in [0.05, 0.1) is 34.4 Å². The number of phosphoric acid groups is 1. The molecule has 0 fully saturated rings. The first-order chi connectivity index (χ1) is 13.7. The Morgan fingerprint density at radius 1 is 0.862 bits per heavy atom. The van der Waals surface area contributed by atoms with E-state index in [0.717, 1.165) is 12.8 Å². The number of phosphoric ester groups is 1. The van der Waals surface area contributed by atoms with Crippen LogP contribution in [0, 0.1) is 0 Å². The molecule has 0 saturated heterocycles. The quantitative estimate of drug-likeness (QED) is 0.172. The Bertz CT molecular complexity index is 390. The van der Waals surface area contributed by atoms with Crippen molar-refractivity contribution >= 4 is 7.82 Å². The van der Waals surface area contributed by atoms with Crippen LogP contribution in [0.3, 0.4) is 0 Å². The third kappa shape index (κ3) is 22.5. The Balaban J connectivity index is 0. The summed E-state index contributed by atoms with van der Waals surface area (Å²) in [4.78, 5) is 0. The summed E-state index contributed by atoms with van der Waals surface area (Å²) in [5, 5.41) is 9.90. The van der Waals surface area contributed by atoms with E-state index in [0.29, 0.717) is 17.6 Å². The smallest absolute Gasteiger partial charge is 0.388 e. The zero-order valence-corrected chi connectivity index (χ0v) is 21.0. The van der Waals surface area contributed by atoms with Gasteiger partial charge >= 0.3 is 7.82 Å². The van der Waals surface area contributed by atoms with Crippen molar-refractivity contribution in [3.63, 3.8) is 0 Å². The molecular formula is C21H49NO6P+. The van der Waals surface area contributed by atoms with Crippen molar-refractivity contribution < 1.29 is 32.5 Å². The summed E-state index contributed by atoms with van der Waals surface area (Å²) in [5.41, 5.74) is 0. The number of quaternary nitrogens is 1. The molecule has 8 heteroatoms. The zero-order valence-electron chi connectivity index (χ0n) is 20.2. The first-order valence-electron chi connectivity index (χ1n) is 11.2. The summed E-state index contributed by atoms with van der Waals surface area (Å²) in [5.74, 6) is 0. The highest BCUT2D eigenvalue weighted by atomic mass is 31.2. The van der Waals surface area contributed by atoms with Gasteiger partial charge in [-0.2, -0.15) is 0 Å². The van der Waals surface area contributed by atoms with E-state index in [1.54, 1.807) is 0 Å². The number of aliphatic hydroxyl groups excluding tert-OH is 1. The van der Waals surface area contributed by atoms with Crippen LogP contribution in [-0.4, -0.2) is 76.9 Å². The van der Waals surface area contributed by atoms with E-state index in [9.17, 15) is 9.67 Å². The van der Waals surface area contributed by atoms with Crippen molar-refractivity contribution in [2.24, 2.45) is 0 Å². The lowest BCUT2D eigenvalue weighted by atomic mass is 10.1. The van der Waals surface area contributed by atoms with Crippen LogP contribution >= 0.6 is 7.82 Å². The minimum absolute atomic E-state index is 0.146. The summed E-state index contributed by atoms with van der Waals surface area (Å²) in [6.07, 6.45) is 9.08. The van der Waals surface area contributed by atoms with Crippen molar-refractivity contribution in [2.75, 3.05) is 61.2 Å². The SMILES string of the molecule is CC.CCCCCCCCCCOCC(O)COP(=O)(OC)OCC[N+](C)(C)C. The van der Waals surface area contributed by atoms with E-state index < -0.39 is 13.9 Å². The molecule has 0 aromatic rings. The fourth-order valence-electron chi connectivity index (χ4n) is 2.35. The van der Waals surface area contributed by atoms with E-state index in [1.165, 1.54) is 45.6 Å². The minimum atomic E-state index is -3.63. The molecule has 178 valence electrons. The van der Waals surface area contributed by atoms with Gasteiger partial charge in [0.25, 0.3) is 0 Å². The summed E-state index contributed by atoms with van der Waals surface area (Å²) in [7, 11) is 3.67. The van der Waals surface area contributed by atoms with Crippen molar-refractivity contribution in [1.82, 2.24) is 0 Å². The van der Waals surface area contributed by atoms with E-state index in [1.807, 2.05) is 35.0 Å². The number of ether oxygens (including phenoxy) is 1. The molecule has 29 heavy (non-hydrogen) atoms. The molecule has 0 heterocycles. The third-order valence-corrected chi connectivity index (χ3v) is 5.52. The number of unbranched alkanes of at least 4 members (excludes halogenated alkanes) is 7. The second-order valence-corrected chi connectivity index (χ2v) is 9.75. The number of rotatable bonds is 19. The molecule has 0 aromatic heterocycles. The largest absolute Gasteiger partial charge is 0.474 e. The highest BCUT2D eigenvalue weighted by Gasteiger charge is 2.27. The van der Waals surface area contributed by atoms with Crippen LogP contribution in [0.15, 0.2) is 0 Å². The van der Waals surface area contributed by atoms with Crippen LogP contribution in [-0.2, 0) is 22.9 Å². The standard InChI is InChI=1S/C19H43NO6P.C2H6/c1-6-7-8-9-10-11-12-13-15-24-17-19(21)18-26-27(22,23-5)25-16-14-20(2,3)4;1-2/h19,21H,6-18H2,1-5H3;1-2H3/q+1;. The second-order valence-electron chi connectivity index (χ2n) is 7.98. The number of likely N-dealkylation sites (N-methyl/N-ethyl adjacent to an activating group) is 1. The van der Waals surface area contributed by atoms with Gasteiger partial charge in [-0.15, -0.1) is 0 Å². The fraction of sp³-hybridized carbons (Fsp3) is 1.00. The average Bonchev–Trinajstić information content (AvgIpc) is 2.68. The van der Waals surface area contributed by atoms with Gasteiger partial charge in [-0.25, -0.2) is 4.57 Å². The van der Waals surface area contributed by atoms with Gasteiger partial charge in [-0.05, 0) is 6.42 Å². The van der Waals surface area contributed by atoms with Gasteiger partial charge in [-0.3, -0.25) is 13.6 Å². The van der Waals surface area contributed by atoms with Crippen molar-refractivity contribution in [3.8, 4) is 0 Å². The monoisotopic (exact) mass is 442 g/mol. The average molecular weight is 443 g/mol. The molecule has 0 rings (SSSR count). The van der Waals surface area contributed by atoms with E-state index in [4.69, 9.17) is 18.3 Å². The van der Waals surface area contributed by atoms with Crippen molar-refractivity contribution in [1.29, 1.82) is 0 Å². The fourth-order valence-corrected chi connectivity index (χ4v) is 3.30. The predicted molar refractivity (Wildman–Crippen MR) is 120 cm³/mol. The first kappa shape index (κ1) is 31.2. The van der Waals surface area contributed by atoms with Gasteiger partial charge in [0.2, 0.25) is 0 Å². The van der Waals surface area contributed by atoms with E-state index in [-0.39, 0.29) is 19.8 Å². The molecule has 2 unspecified atom stereocenters. The highest BCUT2D eigenvalue weighted by molar-refractivity contribution is 7.48. The van der Waals surface area contributed by atoms with Gasteiger partial charge in [-0.1, -0.05) is 65.7 Å². The Labute approximate surface area is 180 Å². The number of hydrogen-bond acceptors (Lipinski definition) is 6. The molecule has 0 amide bonds. The Kier molecular flexibility index (Phi) is 21.4. The first-order valence-corrected chi connectivity index (χ1v) is 12.7. The molecule has 2 atom stereocenters. The van der Waals surface area contributed by atoms with Gasteiger partial charge in [0, 0.05) is 13.7 Å². The maximum Gasteiger partial charge on any atom is 0.474 e. The molecule has 7 nitrogen and oxygen atoms in total. The van der Waals surface area contributed by atoms with Gasteiger partial charge in [0.15, 0.2) is 0 Å². The third-order valence-electron chi connectivity index (χ3n) is 4.11. The maximum absolute atomic E-state index is 12.3. The van der Waals surface area contributed by atoms with Gasteiger partial charge < -0.3 is 14.3 Å². The maximum atomic E-state index is 12.3. The topological polar surface area (TPSA) is 74.2 Å². The molecule has 0 aliphatic heterocycles. The lowest BCUT2D eigenvalue weighted by molar-refractivity contribution is -0.870. The molecular weight excluding hydrogens is 393 g/mol. The molecule has 0 spiro atoms. The summed E-state index contributed by atoms with van der Waals surface area (Å²) in [6, 6.07) is 0. The van der Waals surface area contributed by atoms with Crippen molar-refractivity contribution in [3.05, 3.63) is 0 Å². The zero-order chi connectivity index (χ0) is 22.6. The van der Waals surface area contributed by atoms with Gasteiger partial charge in [0.1, 0.15) is 19.3 Å². The normalized spacial score (nSPS) is 14.8. The summed E-state index contributed by atoms with van der Waals surface area (Å²) >= 11 is 0. The molecule has 0 aliphatic carbocycles. The van der Waals surface area contributed by atoms with Crippen LogP contribution in [0.4, 0.5) is 0 Å². The van der Waals surface area contributed by atoms with Crippen molar-refractivity contribution in [2.45, 2.75) is 78.2 Å². The second kappa shape index (κ2) is 19.9. The van der Waals surface area contributed by atoms with Crippen LogP contribution in [0.5, 0.6) is 0 Å². The summed E-state index contributed by atoms with van der Waals surface area (Å²) < 4.78 is 33.7. The summed E-state index contributed by atoms with van der Waals surface area (Å²) in [6.45, 7) is 7.77. The van der Waals surface area contributed by atoms with Crippen LogP contribution in [0.1, 0.15) is 72.1 Å². The number of nitrogens with zero attached hydrogens (tertiary/aromatic N) is 1. The minimum Gasteiger partial charge on any atom is -0.388 e. The Morgan fingerprint density at radius 2 is 1.41 bits per heavy atom. The Hall–Kier alpha value is -0.0100. The van der Waals surface area contributed by atoms with E-state index in [2.05, 4.69) is 6.92 Å². The Morgan fingerprint density at radius 3 is 1.93 bits per heavy atom. The molecule has 0 aliphatic rings. The lowest BCUT2D eigenvalue weighted by Gasteiger charge is -2.24. The predicted octanol–water partition coefficient (Wildman–Crippen LogP) is 5.02. The molecule has 1 N–H and O–H groups in total. The van der Waals surface area contributed by atoms with Crippen LogP contribution < -0.4 is 0 Å².